The van der Waals surface area contributed by atoms with Gasteiger partial charge in [-0.05, 0) is 71.4 Å². The molecule has 0 N–H and O–H groups in total. The van der Waals surface area contributed by atoms with Gasteiger partial charge in [0.1, 0.15) is 0 Å². The van der Waals surface area contributed by atoms with E-state index in [0.29, 0.717) is 9.75 Å². The van der Waals surface area contributed by atoms with E-state index in [9.17, 15) is 9.59 Å². The number of Topliss-reactive ketones (excluding diaryl/α,β-unsaturated/α-hetero) is 2. The van der Waals surface area contributed by atoms with E-state index in [2.05, 4.69) is 47.2 Å². The zero-order valence-corrected chi connectivity index (χ0v) is 22.2. The maximum atomic E-state index is 13.0. The first-order valence-corrected chi connectivity index (χ1v) is 15.2. The minimum Gasteiger partial charge on any atom is -0.284 e. The van der Waals surface area contributed by atoms with Gasteiger partial charge in [-0.15, -0.1) is 68.0 Å². The van der Waals surface area contributed by atoms with Gasteiger partial charge in [0.05, 0.1) is 9.75 Å². The minimum absolute atomic E-state index is 0.440. The zero-order valence-electron chi connectivity index (χ0n) is 17.3. The number of rotatable bonds is 7. The van der Waals surface area contributed by atoms with Gasteiger partial charge in [0.15, 0.2) is 0 Å². The summed E-state index contributed by atoms with van der Waals surface area (Å²) in [6.07, 6.45) is 0. The Kier molecular flexibility index (Phi) is 6.02. The van der Waals surface area contributed by atoms with E-state index in [1.54, 1.807) is 57.5 Å². The van der Waals surface area contributed by atoms with E-state index >= 15 is 0 Å². The summed E-state index contributed by atoms with van der Waals surface area (Å²) in [6.45, 7) is 0. The molecule has 0 saturated carbocycles. The summed E-state index contributed by atoms with van der Waals surface area (Å²) in [4.78, 5) is 36.0. The third kappa shape index (κ3) is 4.22. The van der Waals surface area contributed by atoms with Crippen molar-refractivity contribution in [2.24, 2.45) is 0 Å². The molecule has 6 aromatic heterocycles. The Labute approximate surface area is 220 Å². The average Bonchev–Trinajstić information content (AvgIpc) is 3.67. The molecular formula is C26H14O2S6. The number of ketones is 2. The third-order valence-electron chi connectivity index (χ3n) is 5.09. The van der Waals surface area contributed by atoms with Crippen LogP contribution in [0.3, 0.4) is 0 Å². The first kappa shape index (κ1) is 22.0. The molecule has 0 aromatic carbocycles. The van der Waals surface area contributed by atoms with Crippen molar-refractivity contribution in [3.05, 3.63) is 93.3 Å². The lowest BCUT2D eigenvalue weighted by Crippen LogP contribution is -2.11. The van der Waals surface area contributed by atoms with Crippen molar-refractivity contribution in [1.82, 2.24) is 0 Å². The monoisotopic (exact) mass is 550 g/mol. The number of hydrogen-bond donors (Lipinski definition) is 0. The van der Waals surface area contributed by atoms with Gasteiger partial charge in [-0.1, -0.05) is 12.1 Å². The number of carbonyl (C=O) groups is 2. The molecule has 34 heavy (non-hydrogen) atoms. The molecule has 0 amide bonds. The Morgan fingerprint density at radius 2 is 0.765 bits per heavy atom. The van der Waals surface area contributed by atoms with Crippen LogP contribution in [0.1, 0.15) is 19.3 Å². The van der Waals surface area contributed by atoms with E-state index in [0.717, 1.165) is 19.5 Å². The summed E-state index contributed by atoms with van der Waals surface area (Å²) in [5.41, 5.74) is 0. The molecule has 2 nitrogen and oxygen atoms in total. The van der Waals surface area contributed by atoms with Crippen molar-refractivity contribution in [2.45, 2.75) is 0 Å². The molecule has 0 fully saturated rings. The van der Waals surface area contributed by atoms with Gasteiger partial charge in [-0.3, -0.25) is 9.59 Å². The van der Waals surface area contributed by atoms with Crippen LogP contribution in [0.25, 0.3) is 39.0 Å². The molecule has 6 rings (SSSR count). The molecular weight excluding hydrogens is 537 g/mol. The van der Waals surface area contributed by atoms with Crippen molar-refractivity contribution in [2.75, 3.05) is 0 Å². The molecule has 0 aliphatic heterocycles. The molecule has 0 unspecified atom stereocenters. The fourth-order valence-electron chi connectivity index (χ4n) is 3.45. The Bertz CT molecular complexity index is 1470. The van der Waals surface area contributed by atoms with E-state index in [4.69, 9.17) is 0 Å². The first-order chi connectivity index (χ1) is 16.7. The first-order valence-electron chi connectivity index (χ1n) is 10.2. The largest absolute Gasteiger partial charge is 0.284 e. The Morgan fingerprint density at radius 3 is 1.15 bits per heavy atom. The van der Waals surface area contributed by atoms with Gasteiger partial charge in [0.2, 0.25) is 11.6 Å². The van der Waals surface area contributed by atoms with Crippen LogP contribution in [0.2, 0.25) is 0 Å². The lowest BCUT2D eigenvalue weighted by molar-refractivity contribution is 0.0821. The Balaban J connectivity index is 1.19. The second-order valence-electron chi connectivity index (χ2n) is 7.27. The highest BCUT2D eigenvalue weighted by Crippen LogP contribution is 2.41. The lowest BCUT2D eigenvalue weighted by Gasteiger charge is -1.95. The predicted molar refractivity (Wildman–Crippen MR) is 151 cm³/mol. The molecule has 0 bridgehead atoms. The van der Waals surface area contributed by atoms with Crippen LogP contribution in [0.15, 0.2) is 83.6 Å². The maximum Gasteiger partial charge on any atom is 0.244 e. The Hall–Kier alpha value is -2.46. The molecule has 6 aromatic rings. The van der Waals surface area contributed by atoms with Crippen molar-refractivity contribution < 1.29 is 9.59 Å². The lowest BCUT2D eigenvalue weighted by atomic mass is 10.2. The molecule has 6 heterocycles. The summed E-state index contributed by atoms with van der Waals surface area (Å²) >= 11 is 9.60. The van der Waals surface area contributed by atoms with Crippen LogP contribution in [0.4, 0.5) is 0 Å². The highest BCUT2D eigenvalue weighted by atomic mass is 32.1. The van der Waals surface area contributed by atoms with Gasteiger partial charge in [-0.2, -0.15) is 0 Å². The minimum atomic E-state index is -0.440. The van der Waals surface area contributed by atoms with Crippen LogP contribution >= 0.6 is 68.0 Å². The maximum absolute atomic E-state index is 13.0. The van der Waals surface area contributed by atoms with Crippen molar-refractivity contribution in [1.29, 1.82) is 0 Å². The second kappa shape index (κ2) is 9.30. The summed E-state index contributed by atoms with van der Waals surface area (Å²) in [6, 6.07) is 24.1. The van der Waals surface area contributed by atoms with Crippen LogP contribution in [-0.2, 0) is 0 Å². The SMILES string of the molecule is O=C(C(=O)c1ccc(-c2ccc(-c3cccs3)s2)s1)c1ccc(-c2ccc(-c3cccs3)s2)s1. The van der Waals surface area contributed by atoms with Crippen molar-refractivity contribution in [3.8, 4) is 39.0 Å². The third-order valence-corrected chi connectivity index (χ3v) is 12.0. The average molecular weight is 551 g/mol. The van der Waals surface area contributed by atoms with E-state index in [1.165, 1.54) is 42.2 Å². The molecule has 0 aliphatic carbocycles. The van der Waals surface area contributed by atoms with E-state index in [-0.39, 0.29) is 0 Å². The van der Waals surface area contributed by atoms with Crippen LogP contribution in [0.5, 0.6) is 0 Å². The highest BCUT2D eigenvalue weighted by Gasteiger charge is 2.23. The standard InChI is InChI=1S/C26H14O2S6/c27-25(23-11-9-21(33-23)19-7-5-17(31-19)15-3-1-13-29-15)26(28)24-12-10-22(34-24)20-8-6-18(32-20)16-4-2-14-30-16/h1-14H. The van der Waals surface area contributed by atoms with Crippen LogP contribution < -0.4 is 0 Å². The highest BCUT2D eigenvalue weighted by molar-refractivity contribution is 7.28. The summed E-state index contributed by atoms with van der Waals surface area (Å²) < 4.78 is 0. The quantitative estimate of drug-likeness (QED) is 0.146. The summed E-state index contributed by atoms with van der Waals surface area (Å²) in [5.74, 6) is -0.879. The molecule has 0 atom stereocenters. The molecule has 0 aliphatic rings. The van der Waals surface area contributed by atoms with E-state index < -0.39 is 11.6 Å². The van der Waals surface area contributed by atoms with Crippen molar-refractivity contribution >= 4 is 79.6 Å². The number of hydrogen-bond acceptors (Lipinski definition) is 8. The second-order valence-corrected chi connectivity index (χ2v) is 13.5. The summed E-state index contributed by atoms with van der Waals surface area (Å²) in [7, 11) is 0. The number of thiophene rings is 6. The Morgan fingerprint density at radius 1 is 0.412 bits per heavy atom. The summed E-state index contributed by atoms with van der Waals surface area (Å²) in [5, 5.41) is 4.14. The topological polar surface area (TPSA) is 34.1 Å². The van der Waals surface area contributed by atoms with Gasteiger partial charge >= 0.3 is 0 Å². The van der Waals surface area contributed by atoms with Crippen LogP contribution in [0, 0.1) is 0 Å². The predicted octanol–water partition coefficient (Wildman–Crippen LogP) is 9.79. The molecule has 0 radical (unpaired) electrons. The molecule has 166 valence electrons. The molecule has 0 spiro atoms. The smallest absolute Gasteiger partial charge is 0.244 e. The normalized spacial score (nSPS) is 11.2. The van der Waals surface area contributed by atoms with Crippen molar-refractivity contribution in [3.63, 3.8) is 0 Å². The molecule has 0 saturated heterocycles. The zero-order chi connectivity index (χ0) is 23.1. The van der Waals surface area contributed by atoms with Crippen LogP contribution in [-0.4, -0.2) is 11.6 Å². The number of carbonyl (C=O) groups excluding carboxylic acids is 2. The molecule has 8 heteroatoms. The van der Waals surface area contributed by atoms with Gasteiger partial charge in [0.25, 0.3) is 0 Å². The van der Waals surface area contributed by atoms with Gasteiger partial charge in [-0.25, -0.2) is 0 Å². The fourth-order valence-corrected chi connectivity index (χ4v) is 9.20. The van der Waals surface area contributed by atoms with E-state index in [1.807, 2.05) is 24.3 Å². The van der Waals surface area contributed by atoms with Gasteiger partial charge < -0.3 is 0 Å². The fraction of sp³-hybridized carbons (Fsp3) is 0. The van der Waals surface area contributed by atoms with Gasteiger partial charge in [0, 0.05) is 39.0 Å².